The Bertz CT molecular complexity index is 327. The van der Waals surface area contributed by atoms with E-state index < -0.39 is 0 Å². The van der Waals surface area contributed by atoms with E-state index in [2.05, 4.69) is 6.92 Å². The lowest BCUT2D eigenvalue weighted by Crippen LogP contribution is -2.12. The minimum absolute atomic E-state index is 0.112. The zero-order valence-electron chi connectivity index (χ0n) is 9.99. The summed E-state index contributed by atoms with van der Waals surface area (Å²) in [5, 5.41) is 9.49. The molecular formula is C12H19NO3. The molecule has 0 fully saturated rings. The summed E-state index contributed by atoms with van der Waals surface area (Å²) in [6, 6.07) is 2.95. The molecule has 4 heteroatoms. The third-order valence-electron chi connectivity index (χ3n) is 2.50. The number of hydrogen-bond donors (Lipinski definition) is 2. The molecule has 0 saturated carbocycles. The van der Waals surface area contributed by atoms with Gasteiger partial charge in [0.15, 0.2) is 0 Å². The lowest BCUT2D eigenvalue weighted by atomic mass is 10.0. The van der Waals surface area contributed by atoms with Crippen LogP contribution in [0.2, 0.25) is 0 Å². The van der Waals surface area contributed by atoms with Crippen molar-refractivity contribution in [2.75, 3.05) is 14.2 Å². The van der Waals surface area contributed by atoms with Gasteiger partial charge >= 0.3 is 0 Å². The van der Waals surface area contributed by atoms with Gasteiger partial charge in [-0.25, -0.2) is 0 Å². The van der Waals surface area contributed by atoms with Gasteiger partial charge in [-0.2, -0.15) is 0 Å². The molecule has 4 nitrogen and oxygen atoms in total. The molecule has 0 spiro atoms. The van der Waals surface area contributed by atoms with Crippen LogP contribution in [-0.4, -0.2) is 19.3 Å². The van der Waals surface area contributed by atoms with Crippen LogP contribution in [0.4, 0.5) is 0 Å². The van der Waals surface area contributed by atoms with E-state index in [0.717, 1.165) is 18.4 Å². The van der Waals surface area contributed by atoms with E-state index in [1.54, 1.807) is 26.4 Å². The van der Waals surface area contributed by atoms with Gasteiger partial charge < -0.3 is 20.3 Å². The van der Waals surface area contributed by atoms with Gasteiger partial charge in [0.05, 0.1) is 19.8 Å². The molecule has 0 aliphatic carbocycles. The van der Waals surface area contributed by atoms with Gasteiger partial charge in [0.25, 0.3) is 0 Å². The number of rotatable bonds is 5. The number of nitrogens with two attached hydrogens (primary N) is 1. The number of aromatic hydroxyl groups is 1. The van der Waals surface area contributed by atoms with Crippen LogP contribution in [0, 0.1) is 0 Å². The highest BCUT2D eigenvalue weighted by Gasteiger charge is 2.18. The van der Waals surface area contributed by atoms with Crippen molar-refractivity contribution in [3.63, 3.8) is 0 Å². The number of phenols is 1. The molecule has 0 aliphatic heterocycles. The first-order valence-corrected chi connectivity index (χ1v) is 5.34. The van der Waals surface area contributed by atoms with Crippen molar-refractivity contribution in [1.82, 2.24) is 0 Å². The lowest BCUT2D eigenvalue weighted by Gasteiger charge is -2.18. The van der Waals surface area contributed by atoms with Crippen LogP contribution < -0.4 is 15.2 Å². The third kappa shape index (κ3) is 2.58. The molecule has 0 saturated heterocycles. The van der Waals surface area contributed by atoms with Gasteiger partial charge in [0.1, 0.15) is 17.2 Å². The first-order chi connectivity index (χ1) is 7.63. The first-order valence-electron chi connectivity index (χ1n) is 5.34. The van der Waals surface area contributed by atoms with Crippen LogP contribution in [0.25, 0.3) is 0 Å². The van der Waals surface area contributed by atoms with Crippen molar-refractivity contribution >= 4 is 0 Å². The van der Waals surface area contributed by atoms with Crippen LogP contribution in [0.15, 0.2) is 12.1 Å². The maximum absolute atomic E-state index is 9.49. The predicted molar refractivity (Wildman–Crippen MR) is 63.0 cm³/mol. The Morgan fingerprint density at radius 3 is 2.12 bits per heavy atom. The average Bonchev–Trinajstić information content (AvgIpc) is 2.27. The zero-order valence-corrected chi connectivity index (χ0v) is 9.99. The molecule has 1 atom stereocenters. The number of methoxy groups -OCH3 is 2. The fourth-order valence-corrected chi connectivity index (χ4v) is 1.75. The predicted octanol–water partition coefficient (Wildman–Crippen LogP) is 2.21. The smallest absolute Gasteiger partial charge is 0.131 e. The Hall–Kier alpha value is -1.42. The quantitative estimate of drug-likeness (QED) is 0.806. The fourth-order valence-electron chi connectivity index (χ4n) is 1.75. The number of benzene rings is 1. The highest BCUT2D eigenvalue weighted by atomic mass is 16.5. The Labute approximate surface area is 96.0 Å². The second-order valence-corrected chi connectivity index (χ2v) is 3.66. The molecule has 3 N–H and O–H groups in total. The molecule has 1 aromatic carbocycles. The molecule has 0 bridgehead atoms. The SMILES string of the molecule is CCC[C@H](N)c1c(OC)cc(O)cc1OC. The van der Waals surface area contributed by atoms with Crippen LogP contribution in [0.1, 0.15) is 31.4 Å². The zero-order chi connectivity index (χ0) is 12.1. The van der Waals surface area contributed by atoms with E-state index in [4.69, 9.17) is 15.2 Å². The second kappa shape index (κ2) is 5.61. The third-order valence-corrected chi connectivity index (χ3v) is 2.50. The van der Waals surface area contributed by atoms with Gasteiger partial charge in [-0.05, 0) is 6.42 Å². The minimum atomic E-state index is -0.143. The fraction of sp³-hybridized carbons (Fsp3) is 0.500. The largest absolute Gasteiger partial charge is 0.508 e. The highest BCUT2D eigenvalue weighted by molar-refractivity contribution is 5.51. The van der Waals surface area contributed by atoms with Crippen molar-refractivity contribution in [3.05, 3.63) is 17.7 Å². The van der Waals surface area contributed by atoms with E-state index >= 15 is 0 Å². The monoisotopic (exact) mass is 225 g/mol. The molecule has 0 heterocycles. The maximum atomic E-state index is 9.49. The lowest BCUT2D eigenvalue weighted by molar-refractivity contribution is 0.369. The van der Waals surface area contributed by atoms with Crippen LogP contribution in [0.3, 0.4) is 0 Å². The first kappa shape index (κ1) is 12.6. The molecule has 90 valence electrons. The standard InChI is InChI=1S/C12H19NO3/c1-4-5-9(13)12-10(15-2)6-8(14)7-11(12)16-3/h6-7,9,14H,4-5,13H2,1-3H3/t9-/m0/s1. The Morgan fingerprint density at radius 2 is 1.75 bits per heavy atom. The summed E-state index contributed by atoms with van der Waals surface area (Å²) in [5.74, 6) is 1.25. The van der Waals surface area contributed by atoms with Crippen molar-refractivity contribution in [2.45, 2.75) is 25.8 Å². The molecular weight excluding hydrogens is 206 g/mol. The van der Waals surface area contributed by atoms with Crippen molar-refractivity contribution in [2.24, 2.45) is 5.73 Å². The van der Waals surface area contributed by atoms with E-state index in [-0.39, 0.29) is 11.8 Å². The number of ether oxygens (including phenoxy) is 2. The molecule has 16 heavy (non-hydrogen) atoms. The van der Waals surface area contributed by atoms with Crippen molar-refractivity contribution in [1.29, 1.82) is 0 Å². The Morgan fingerprint density at radius 1 is 1.25 bits per heavy atom. The molecule has 0 aromatic heterocycles. The van der Waals surface area contributed by atoms with Gasteiger partial charge in [0.2, 0.25) is 0 Å². The molecule has 0 radical (unpaired) electrons. The molecule has 0 unspecified atom stereocenters. The summed E-state index contributed by atoms with van der Waals surface area (Å²) >= 11 is 0. The Balaban J connectivity index is 3.21. The summed E-state index contributed by atoms with van der Waals surface area (Å²) < 4.78 is 10.4. The van der Waals surface area contributed by atoms with Crippen molar-refractivity contribution < 1.29 is 14.6 Å². The van der Waals surface area contributed by atoms with Gasteiger partial charge in [-0.3, -0.25) is 0 Å². The van der Waals surface area contributed by atoms with E-state index in [0.29, 0.717) is 11.5 Å². The Kier molecular flexibility index (Phi) is 4.43. The molecule has 0 amide bonds. The number of phenolic OH excluding ortho intramolecular Hbond substituents is 1. The topological polar surface area (TPSA) is 64.7 Å². The van der Waals surface area contributed by atoms with Crippen LogP contribution in [0.5, 0.6) is 17.2 Å². The van der Waals surface area contributed by atoms with Crippen molar-refractivity contribution in [3.8, 4) is 17.2 Å². The normalized spacial score (nSPS) is 12.2. The molecule has 1 aromatic rings. The molecule has 0 aliphatic rings. The second-order valence-electron chi connectivity index (χ2n) is 3.66. The van der Waals surface area contributed by atoms with E-state index in [1.807, 2.05) is 0 Å². The van der Waals surface area contributed by atoms with Crippen LogP contribution in [-0.2, 0) is 0 Å². The van der Waals surface area contributed by atoms with Crippen LogP contribution >= 0.6 is 0 Å². The summed E-state index contributed by atoms with van der Waals surface area (Å²) in [6.45, 7) is 2.07. The summed E-state index contributed by atoms with van der Waals surface area (Å²) in [4.78, 5) is 0. The highest BCUT2D eigenvalue weighted by Crippen LogP contribution is 2.38. The average molecular weight is 225 g/mol. The van der Waals surface area contributed by atoms with E-state index in [9.17, 15) is 5.11 Å². The number of hydrogen-bond acceptors (Lipinski definition) is 4. The van der Waals surface area contributed by atoms with Gasteiger partial charge in [-0.15, -0.1) is 0 Å². The summed E-state index contributed by atoms with van der Waals surface area (Å²) in [6.07, 6.45) is 1.83. The van der Waals surface area contributed by atoms with Gasteiger partial charge in [0, 0.05) is 18.2 Å². The van der Waals surface area contributed by atoms with E-state index in [1.165, 1.54) is 0 Å². The van der Waals surface area contributed by atoms with Gasteiger partial charge in [-0.1, -0.05) is 13.3 Å². The molecule has 1 rings (SSSR count). The summed E-state index contributed by atoms with van der Waals surface area (Å²) in [5.41, 5.74) is 6.88. The maximum Gasteiger partial charge on any atom is 0.131 e. The summed E-state index contributed by atoms with van der Waals surface area (Å²) in [7, 11) is 3.10. The minimum Gasteiger partial charge on any atom is -0.508 e.